The Hall–Kier alpha value is -1.55. The van der Waals surface area contributed by atoms with Gasteiger partial charge >= 0.3 is 0 Å². The zero-order valence-corrected chi connectivity index (χ0v) is 8.39. The van der Waals surface area contributed by atoms with Gasteiger partial charge < -0.3 is 9.64 Å². The van der Waals surface area contributed by atoms with Gasteiger partial charge in [0.2, 0.25) is 0 Å². The Morgan fingerprint density at radius 2 is 2.07 bits per heavy atom. The molecule has 0 N–H and O–H groups in total. The first-order chi connectivity index (χ1) is 7.45. The number of fused-ring (bicyclic) bond motifs is 1. The van der Waals surface area contributed by atoms with Crippen molar-refractivity contribution in [1.29, 1.82) is 0 Å². The summed E-state index contributed by atoms with van der Waals surface area (Å²) in [5, 5.41) is 3.95. The molecular weight excluding hydrogens is 190 g/mol. The summed E-state index contributed by atoms with van der Waals surface area (Å²) >= 11 is 0. The second-order valence-electron chi connectivity index (χ2n) is 3.65. The van der Waals surface area contributed by atoms with Gasteiger partial charge in [0.25, 0.3) is 0 Å². The van der Waals surface area contributed by atoms with Gasteiger partial charge in [0.1, 0.15) is 0 Å². The standard InChI is InChI=1S/C11H12N3O/c1-2-10-9(8-12-13-10)11(3-1)14-4-6-15-7-5-14/h1-3,8H,4-7H2. The van der Waals surface area contributed by atoms with E-state index in [-0.39, 0.29) is 0 Å². The van der Waals surface area contributed by atoms with Crippen molar-refractivity contribution in [3.63, 3.8) is 0 Å². The van der Waals surface area contributed by atoms with E-state index in [1.807, 2.05) is 18.3 Å². The Kier molecular flexibility index (Phi) is 2.07. The topological polar surface area (TPSA) is 38.9 Å². The van der Waals surface area contributed by atoms with Gasteiger partial charge in [0.05, 0.1) is 25.1 Å². The Balaban J connectivity index is 1.96. The van der Waals surface area contributed by atoms with E-state index in [1.54, 1.807) is 0 Å². The lowest BCUT2D eigenvalue weighted by atomic mass is 10.1. The van der Waals surface area contributed by atoms with Gasteiger partial charge in [-0.15, -0.1) is 0 Å². The van der Waals surface area contributed by atoms with Gasteiger partial charge in [0, 0.05) is 24.3 Å². The maximum Gasteiger partial charge on any atom is 0.0966 e. The minimum Gasteiger partial charge on any atom is -0.378 e. The van der Waals surface area contributed by atoms with Crippen LogP contribution in [0.3, 0.4) is 0 Å². The molecule has 15 heavy (non-hydrogen) atoms. The lowest BCUT2D eigenvalue weighted by Crippen LogP contribution is -2.36. The van der Waals surface area contributed by atoms with E-state index in [9.17, 15) is 0 Å². The third-order valence-corrected chi connectivity index (χ3v) is 2.76. The van der Waals surface area contributed by atoms with Crippen LogP contribution in [0.25, 0.3) is 0 Å². The molecule has 0 atom stereocenters. The molecule has 0 bridgehead atoms. The minimum atomic E-state index is 0.804. The van der Waals surface area contributed by atoms with E-state index in [4.69, 9.17) is 4.74 Å². The van der Waals surface area contributed by atoms with E-state index in [0.29, 0.717) is 0 Å². The summed E-state index contributed by atoms with van der Waals surface area (Å²) in [4.78, 5) is 2.33. The third kappa shape index (κ3) is 1.47. The van der Waals surface area contributed by atoms with Crippen molar-refractivity contribution < 1.29 is 4.74 Å². The first-order valence-electron chi connectivity index (χ1n) is 5.15. The van der Waals surface area contributed by atoms with Crippen LogP contribution in [0, 0.1) is 0 Å². The fourth-order valence-corrected chi connectivity index (χ4v) is 1.99. The molecule has 4 nitrogen and oxygen atoms in total. The molecule has 1 radical (unpaired) electrons. The van der Waals surface area contributed by atoms with Crippen LogP contribution in [0.15, 0.2) is 23.3 Å². The van der Waals surface area contributed by atoms with Crippen molar-refractivity contribution >= 4 is 17.6 Å². The largest absolute Gasteiger partial charge is 0.378 e. The third-order valence-electron chi connectivity index (χ3n) is 2.76. The summed E-state index contributed by atoms with van der Waals surface area (Å²) in [6.07, 6.45) is 1.83. The summed E-state index contributed by atoms with van der Waals surface area (Å²) in [7, 11) is 0. The molecule has 0 saturated carbocycles. The van der Waals surface area contributed by atoms with Crippen molar-refractivity contribution in [2.45, 2.75) is 0 Å². The highest BCUT2D eigenvalue weighted by Crippen LogP contribution is 2.29. The number of nitrogens with zero attached hydrogens (tertiary/aromatic N) is 3. The molecule has 77 valence electrons. The van der Waals surface area contributed by atoms with Gasteiger partial charge in [-0.05, 0) is 12.1 Å². The predicted octanol–water partition coefficient (Wildman–Crippen LogP) is 1.11. The number of benzene rings is 1. The van der Waals surface area contributed by atoms with Crippen LogP contribution in [-0.4, -0.2) is 32.5 Å². The highest BCUT2D eigenvalue weighted by atomic mass is 16.5. The summed E-state index contributed by atoms with van der Waals surface area (Å²) in [6, 6.07) is 6.14. The van der Waals surface area contributed by atoms with Gasteiger partial charge in [-0.1, -0.05) is 6.07 Å². The van der Waals surface area contributed by atoms with Crippen LogP contribution in [0.5, 0.6) is 0 Å². The summed E-state index contributed by atoms with van der Waals surface area (Å²) in [5.41, 5.74) is 7.40. The highest BCUT2D eigenvalue weighted by molar-refractivity contribution is 5.96. The van der Waals surface area contributed by atoms with E-state index >= 15 is 0 Å². The molecule has 1 aromatic rings. The normalized spacial score (nSPS) is 18.8. The van der Waals surface area contributed by atoms with Crippen LogP contribution in [-0.2, 0) is 4.74 Å². The Bertz CT molecular complexity index is 397. The smallest absolute Gasteiger partial charge is 0.0966 e. The molecule has 2 aliphatic rings. The van der Waals surface area contributed by atoms with Crippen LogP contribution in [0.4, 0.5) is 11.4 Å². The van der Waals surface area contributed by atoms with Crippen molar-refractivity contribution in [1.82, 2.24) is 5.43 Å². The van der Waals surface area contributed by atoms with Gasteiger partial charge in [-0.2, -0.15) is 10.5 Å². The summed E-state index contributed by atoms with van der Waals surface area (Å²) in [5.74, 6) is 0. The summed E-state index contributed by atoms with van der Waals surface area (Å²) < 4.78 is 5.34. The molecule has 0 aliphatic carbocycles. The predicted molar refractivity (Wildman–Crippen MR) is 58.9 cm³/mol. The number of ether oxygens (including phenoxy) is 1. The van der Waals surface area contributed by atoms with E-state index < -0.39 is 0 Å². The summed E-state index contributed by atoms with van der Waals surface area (Å²) in [6.45, 7) is 3.50. The van der Waals surface area contributed by atoms with Crippen LogP contribution < -0.4 is 10.3 Å². The molecule has 1 fully saturated rings. The van der Waals surface area contributed by atoms with Gasteiger partial charge in [0.15, 0.2) is 0 Å². The maximum atomic E-state index is 5.34. The number of anilines is 1. The number of hydrogen-bond donors (Lipinski definition) is 0. The van der Waals surface area contributed by atoms with Crippen molar-refractivity contribution in [3.05, 3.63) is 23.8 Å². The second-order valence-corrected chi connectivity index (χ2v) is 3.65. The molecule has 4 heteroatoms. The monoisotopic (exact) mass is 202 g/mol. The lowest BCUT2D eigenvalue weighted by molar-refractivity contribution is 0.122. The molecule has 1 aromatic carbocycles. The van der Waals surface area contributed by atoms with Crippen molar-refractivity contribution in [3.8, 4) is 0 Å². The van der Waals surface area contributed by atoms with Crippen LogP contribution >= 0.6 is 0 Å². The molecule has 1 saturated heterocycles. The molecule has 2 aliphatic heterocycles. The average molecular weight is 202 g/mol. The van der Waals surface area contributed by atoms with Gasteiger partial charge in [-0.25, -0.2) is 0 Å². The lowest BCUT2D eigenvalue weighted by Gasteiger charge is -2.29. The molecule has 0 aromatic heterocycles. The van der Waals surface area contributed by atoms with Crippen molar-refractivity contribution in [2.24, 2.45) is 5.10 Å². The van der Waals surface area contributed by atoms with Gasteiger partial charge in [-0.3, -0.25) is 0 Å². The number of morpholine rings is 1. The Morgan fingerprint density at radius 3 is 2.93 bits per heavy atom. The molecule has 3 rings (SSSR count). The fourth-order valence-electron chi connectivity index (χ4n) is 1.99. The second kappa shape index (κ2) is 3.55. The highest BCUT2D eigenvalue weighted by Gasteiger charge is 2.18. The van der Waals surface area contributed by atoms with Crippen LogP contribution in [0.1, 0.15) is 5.56 Å². The zero-order valence-electron chi connectivity index (χ0n) is 8.39. The zero-order chi connectivity index (χ0) is 10.1. The Morgan fingerprint density at radius 1 is 1.20 bits per heavy atom. The molecule has 0 amide bonds. The first kappa shape index (κ1) is 8.73. The Labute approximate surface area is 88.5 Å². The van der Waals surface area contributed by atoms with Crippen molar-refractivity contribution in [2.75, 3.05) is 31.2 Å². The van der Waals surface area contributed by atoms with E-state index in [2.05, 4.69) is 21.5 Å². The van der Waals surface area contributed by atoms with Crippen LogP contribution in [0.2, 0.25) is 0 Å². The molecule has 2 heterocycles. The molecular formula is C11H12N3O. The SMILES string of the molecule is C1=N[N]c2cccc(N3CCOCC3)c21. The number of rotatable bonds is 1. The van der Waals surface area contributed by atoms with E-state index in [1.165, 1.54) is 5.69 Å². The first-order valence-corrected chi connectivity index (χ1v) is 5.15. The average Bonchev–Trinajstić information content (AvgIpc) is 2.78. The molecule has 0 spiro atoms. The maximum absolute atomic E-state index is 5.34. The quantitative estimate of drug-likeness (QED) is 0.684. The minimum absolute atomic E-state index is 0.804. The molecule has 0 unspecified atom stereocenters. The van der Waals surface area contributed by atoms with E-state index in [0.717, 1.165) is 37.6 Å². The number of hydrogen-bond acceptors (Lipinski definition) is 3. The fraction of sp³-hybridized carbons (Fsp3) is 0.364.